The summed E-state index contributed by atoms with van der Waals surface area (Å²) in [5.74, 6) is 1.62. The van der Waals surface area contributed by atoms with Crippen LogP contribution in [0.2, 0.25) is 0 Å². The predicted octanol–water partition coefficient (Wildman–Crippen LogP) is 9.67. The first-order valence-corrected chi connectivity index (χ1v) is 13.6. The summed E-state index contributed by atoms with van der Waals surface area (Å²) >= 11 is 0. The van der Waals surface area contributed by atoms with Gasteiger partial charge in [0, 0.05) is 5.69 Å². The molecule has 0 spiro atoms. The van der Waals surface area contributed by atoms with Gasteiger partial charge in [-0.1, -0.05) is 63.6 Å². The third-order valence-electron chi connectivity index (χ3n) is 7.29. The Bertz CT molecular complexity index is 1720. The van der Waals surface area contributed by atoms with Gasteiger partial charge in [-0.25, -0.2) is 5.56 Å². The second-order valence-electron chi connectivity index (χ2n) is 10.6. The van der Waals surface area contributed by atoms with Crippen molar-refractivity contribution in [1.82, 2.24) is 9.55 Å². The van der Waals surface area contributed by atoms with Gasteiger partial charge in [0.1, 0.15) is 0 Å². The van der Waals surface area contributed by atoms with E-state index in [9.17, 15) is 0 Å². The van der Waals surface area contributed by atoms with Crippen molar-refractivity contribution >= 4 is 11.0 Å². The van der Waals surface area contributed by atoms with Gasteiger partial charge >= 0.3 is 22.4 Å². The molecular formula is C37H31AuN2. The summed E-state index contributed by atoms with van der Waals surface area (Å²) in [6.07, 6.45) is 0. The summed E-state index contributed by atoms with van der Waals surface area (Å²) in [6, 6.07) is 46.1. The molecule has 2 nitrogen and oxygen atoms in total. The number of aromatic nitrogens is 2. The average Bonchev–Trinajstić information content (AvgIpc) is 3.37. The van der Waals surface area contributed by atoms with E-state index in [4.69, 9.17) is 4.98 Å². The van der Waals surface area contributed by atoms with Crippen LogP contribution in [-0.2, 0) is 22.4 Å². The standard InChI is InChI=1S/C37H31N2.Au/c1-25(2)31-20-12-21-32(26(3)4)36(31)39-34-23-13-22-33(35(34)38-37(39)28-16-9-6-10-17-28)30-19-11-18-29(24-30)27-14-7-5-8-15-27;/h5-14,16,18-23,25-26H,1-4H3;/q-3;+3. The van der Waals surface area contributed by atoms with Gasteiger partial charge in [-0.15, -0.1) is 59.7 Å². The van der Waals surface area contributed by atoms with Crippen LogP contribution in [-0.4, -0.2) is 9.55 Å². The fourth-order valence-electron chi connectivity index (χ4n) is 5.37. The van der Waals surface area contributed by atoms with Gasteiger partial charge in [-0.05, 0) is 29.0 Å². The van der Waals surface area contributed by atoms with Crippen molar-refractivity contribution < 1.29 is 22.4 Å². The maximum absolute atomic E-state index is 5.34. The molecule has 5 aromatic carbocycles. The summed E-state index contributed by atoms with van der Waals surface area (Å²) in [4.78, 5) is 5.34. The Hall–Kier alpha value is -3.69. The zero-order valence-electron chi connectivity index (χ0n) is 23.2. The van der Waals surface area contributed by atoms with Crippen molar-refractivity contribution in [2.75, 3.05) is 0 Å². The molecule has 0 fully saturated rings. The van der Waals surface area contributed by atoms with Crippen LogP contribution in [0.3, 0.4) is 0 Å². The first kappa shape index (κ1) is 27.9. The SMILES string of the molecule is CC(C)c1cccc(C(C)C)c1-n1c(-c2[c-]cccc2)nc2c(-c3[c-]c(-c4[c-]cccc4)ccc3)cccc21.[Au+3]. The summed E-state index contributed by atoms with van der Waals surface area (Å²) in [5, 5.41) is 0. The largest absolute Gasteiger partial charge is 3.00 e. The molecule has 0 saturated heterocycles. The molecule has 6 aromatic rings. The molecule has 1 heterocycles. The Morgan fingerprint density at radius 2 is 1.18 bits per heavy atom. The monoisotopic (exact) mass is 700 g/mol. The van der Waals surface area contributed by atoms with E-state index in [-0.39, 0.29) is 22.4 Å². The quantitative estimate of drug-likeness (QED) is 0.125. The second-order valence-corrected chi connectivity index (χ2v) is 10.6. The van der Waals surface area contributed by atoms with Gasteiger partial charge in [0.2, 0.25) is 0 Å². The molecule has 0 N–H and O–H groups in total. The third kappa shape index (κ3) is 5.11. The fraction of sp³-hybridized carbons (Fsp3) is 0.162. The van der Waals surface area contributed by atoms with Gasteiger partial charge in [0.05, 0.1) is 16.9 Å². The van der Waals surface area contributed by atoms with Crippen LogP contribution in [0.25, 0.3) is 50.4 Å². The first-order valence-electron chi connectivity index (χ1n) is 13.6. The first-order chi connectivity index (χ1) is 19.0. The van der Waals surface area contributed by atoms with Crippen molar-refractivity contribution in [2.45, 2.75) is 39.5 Å². The van der Waals surface area contributed by atoms with Crippen LogP contribution >= 0.6 is 0 Å². The van der Waals surface area contributed by atoms with E-state index in [1.54, 1.807) is 0 Å². The van der Waals surface area contributed by atoms with Crippen molar-refractivity contribution in [2.24, 2.45) is 0 Å². The van der Waals surface area contributed by atoms with E-state index in [1.165, 1.54) is 16.8 Å². The molecule has 0 aliphatic carbocycles. The molecule has 3 heteroatoms. The summed E-state index contributed by atoms with van der Waals surface area (Å²) in [7, 11) is 0. The summed E-state index contributed by atoms with van der Waals surface area (Å²) in [5.41, 5.74) is 11.0. The van der Waals surface area contributed by atoms with Gasteiger partial charge in [-0.2, -0.15) is 42.0 Å². The Balaban J connectivity index is 0.00000323. The van der Waals surface area contributed by atoms with Crippen molar-refractivity contribution in [3.63, 3.8) is 0 Å². The van der Waals surface area contributed by atoms with Crippen LogP contribution in [0.4, 0.5) is 0 Å². The van der Waals surface area contributed by atoms with Gasteiger partial charge in [0.15, 0.2) is 0 Å². The zero-order chi connectivity index (χ0) is 26.9. The molecule has 0 bridgehead atoms. The molecular weight excluding hydrogens is 669 g/mol. The fourth-order valence-corrected chi connectivity index (χ4v) is 5.37. The molecule has 0 amide bonds. The maximum Gasteiger partial charge on any atom is 3.00 e. The normalized spacial score (nSPS) is 11.2. The third-order valence-corrected chi connectivity index (χ3v) is 7.29. The predicted molar refractivity (Wildman–Crippen MR) is 162 cm³/mol. The van der Waals surface area contributed by atoms with E-state index in [0.717, 1.165) is 44.7 Å². The summed E-state index contributed by atoms with van der Waals surface area (Å²) < 4.78 is 2.37. The topological polar surface area (TPSA) is 17.8 Å². The van der Waals surface area contributed by atoms with Crippen LogP contribution in [0.15, 0.2) is 103 Å². The Kier molecular flexibility index (Phi) is 8.23. The molecule has 0 unspecified atom stereocenters. The molecule has 0 saturated carbocycles. The number of rotatable bonds is 6. The maximum atomic E-state index is 5.34. The number of nitrogens with zero attached hydrogens (tertiary/aromatic N) is 2. The molecule has 0 aliphatic rings. The minimum atomic E-state index is 0. The number of imidazole rings is 1. The zero-order valence-corrected chi connectivity index (χ0v) is 25.3. The smallest absolute Gasteiger partial charge is 0.333 e. The Morgan fingerprint density at radius 3 is 1.80 bits per heavy atom. The molecule has 0 atom stereocenters. The minimum absolute atomic E-state index is 0. The summed E-state index contributed by atoms with van der Waals surface area (Å²) in [6.45, 7) is 9.07. The number of hydrogen-bond donors (Lipinski definition) is 0. The van der Waals surface area contributed by atoms with Gasteiger partial charge in [0.25, 0.3) is 0 Å². The molecule has 1 aromatic heterocycles. The Labute approximate surface area is 253 Å². The van der Waals surface area contributed by atoms with Crippen molar-refractivity contribution in [3.05, 3.63) is 132 Å². The minimum Gasteiger partial charge on any atom is -0.333 e. The van der Waals surface area contributed by atoms with Crippen LogP contribution in [0.5, 0.6) is 0 Å². The van der Waals surface area contributed by atoms with Crippen LogP contribution < -0.4 is 0 Å². The van der Waals surface area contributed by atoms with Gasteiger partial charge < -0.3 is 4.57 Å². The van der Waals surface area contributed by atoms with E-state index >= 15 is 0 Å². The second kappa shape index (κ2) is 11.8. The molecule has 40 heavy (non-hydrogen) atoms. The average molecular weight is 701 g/mol. The van der Waals surface area contributed by atoms with E-state index < -0.39 is 0 Å². The molecule has 200 valence electrons. The molecule has 0 radical (unpaired) electrons. The number of hydrogen-bond acceptors (Lipinski definition) is 1. The number of benzene rings is 5. The number of fused-ring (bicyclic) bond motifs is 1. The van der Waals surface area contributed by atoms with Crippen LogP contribution in [0, 0.1) is 18.2 Å². The van der Waals surface area contributed by atoms with E-state index in [1.807, 2.05) is 30.3 Å². The van der Waals surface area contributed by atoms with Gasteiger partial charge in [-0.3, -0.25) is 4.98 Å². The Morgan fingerprint density at radius 1 is 0.600 bits per heavy atom. The molecule has 6 rings (SSSR count). The van der Waals surface area contributed by atoms with Crippen molar-refractivity contribution in [3.8, 4) is 39.3 Å². The van der Waals surface area contributed by atoms with E-state index in [2.05, 4.69) is 123 Å². The van der Waals surface area contributed by atoms with Crippen LogP contribution in [0.1, 0.15) is 50.7 Å². The molecule has 0 aliphatic heterocycles. The van der Waals surface area contributed by atoms with E-state index in [0.29, 0.717) is 11.8 Å². The van der Waals surface area contributed by atoms with Crippen molar-refractivity contribution in [1.29, 1.82) is 0 Å². The number of para-hydroxylation sites is 2.